The minimum absolute atomic E-state index is 0.0774. The smallest absolute Gasteiger partial charge is 0.0303 e. The Hall–Kier alpha value is -1.40. The largest absolute Gasteiger partial charge is 0.0307 e. The summed E-state index contributed by atoms with van der Waals surface area (Å²) in [5.74, 6) is 0.379. The Bertz CT molecular complexity index is 1270. The molecule has 0 amide bonds. The number of aromatic nitrogens is 4. The van der Waals surface area contributed by atoms with Crippen molar-refractivity contribution < 1.29 is 61.7 Å². The number of nitrogen functional groups attached to an aromatic ring is 1. The van der Waals surface area contributed by atoms with E-state index in [0.717, 1.165) is 12.8 Å². The van der Waals surface area contributed by atoms with Crippen LogP contribution < -0.4 is 10.6 Å². The van der Waals surface area contributed by atoms with Crippen LogP contribution in [0, 0.1) is 0 Å². The summed E-state index contributed by atoms with van der Waals surface area (Å²) in [5.41, 5.74) is 4.38. The number of rotatable bonds is 10. The van der Waals surface area contributed by atoms with Crippen LogP contribution in [0.3, 0.4) is 0 Å². The van der Waals surface area contributed by atoms with Crippen LogP contribution in [0.4, 0.5) is 11.8 Å². The predicted octanol–water partition coefficient (Wildman–Crippen LogP) is -1.35. The van der Waals surface area contributed by atoms with Gasteiger partial charge in [0.2, 0.25) is 0 Å². The molecule has 3 heterocycles. The van der Waals surface area contributed by atoms with Crippen LogP contribution in [-0.4, -0.2) is 91.7 Å². The number of phosphoric acid groups is 2. The van der Waals surface area contributed by atoms with E-state index in [1.165, 1.54) is 17.8 Å². The normalized spacial score (nSPS) is 28.9. The molecule has 9 N–H and O–H groups in total. The quantitative estimate of drug-likeness (QED) is 0.148. The molecule has 37 heavy (non-hydrogen) atoms. The molecule has 2 aromatic rings. The van der Waals surface area contributed by atoms with E-state index in [1.54, 1.807) is 0 Å². The number of hydrogen-bond acceptors (Lipinski definition) is 15. The molecule has 1 aliphatic heterocycles. The number of ether oxygens (including phenoxy) is 1. The van der Waals surface area contributed by atoms with E-state index in [9.17, 15) is 34.0 Å². The van der Waals surface area contributed by atoms with Crippen molar-refractivity contribution >= 4 is 46.7 Å². The van der Waals surface area contributed by atoms with Gasteiger partial charge in [0.15, 0.2) is 0 Å². The Morgan fingerprint density at radius 1 is 1.27 bits per heavy atom. The fraction of sp³-hybridized carbons (Fsp3) is 0.667. The van der Waals surface area contributed by atoms with Gasteiger partial charge in [-0.15, -0.1) is 0 Å². The second-order valence-corrected chi connectivity index (χ2v) is 13.5. The molecule has 0 spiro atoms. The van der Waals surface area contributed by atoms with Crippen LogP contribution in [0.15, 0.2) is 6.33 Å². The van der Waals surface area contributed by atoms with Crippen molar-refractivity contribution in [1.29, 1.82) is 0 Å². The maximum atomic E-state index is 12.1. The molecule has 1 unspecified atom stereocenters. The van der Waals surface area contributed by atoms with E-state index in [-0.39, 0.29) is 17.6 Å². The molecule has 19 nitrogen and oxygen atoms in total. The van der Waals surface area contributed by atoms with Gasteiger partial charge in [-0.3, -0.25) is 0 Å². The molecular formula is C15H27N6O13P3. The van der Waals surface area contributed by atoms with Crippen molar-refractivity contribution in [1.82, 2.24) is 19.5 Å². The zero-order valence-corrected chi connectivity index (χ0v) is 22.1. The first-order valence-corrected chi connectivity index (χ1v) is 15.3. The summed E-state index contributed by atoms with van der Waals surface area (Å²) in [5, 5.41) is 21.6. The summed E-state index contributed by atoms with van der Waals surface area (Å²) in [4.78, 5) is 60.4. The summed E-state index contributed by atoms with van der Waals surface area (Å²) < 4.78 is 41.9. The summed E-state index contributed by atoms with van der Waals surface area (Å²) in [6.07, 6.45) is -1.33. The number of aliphatic hydroxyl groups excluding tert-OH is 1. The Morgan fingerprint density at radius 2 is 1.92 bits per heavy atom. The molecule has 1 saturated carbocycles. The summed E-state index contributed by atoms with van der Waals surface area (Å²) in [6, 6.07) is 0.264. The van der Waals surface area contributed by atoms with Crippen LogP contribution >= 0.6 is 23.8 Å². The topological polar surface area (TPSA) is 286 Å². The Labute approximate surface area is 208 Å². The van der Waals surface area contributed by atoms with Crippen molar-refractivity contribution in [3.8, 4) is 0 Å². The Morgan fingerprint density at radius 3 is 2.51 bits per heavy atom. The first kappa shape index (κ1) is 28.6. The molecule has 5 atom stereocenters. The van der Waals surface area contributed by atoms with Gasteiger partial charge in [0, 0.05) is 13.1 Å². The van der Waals surface area contributed by atoms with Crippen molar-refractivity contribution in [2.75, 3.05) is 24.3 Å². The van der Waals surface area contributed by atoms with E-state index in [1.807, 2.05) is 11.9 Å². The summed E-state index contributed by atoms with van der Waals surface area (Å²) in [6.45, 7) is 0.277. The van der Waals surface area contributed by atoms with E-state index in [0.29, 0.717) is 11.3 Å². The van der Waals surface area contributed by atoms with Crippen LogP contribution in [0.5, 0.6) is 0 Å². The van der Waals surface area contributed by atoms with E-state index in [4.69, 9.17) is 20.3 Å². The Kier molecular flexibility index (Phi) is 7.47. The first-order chi connectivity index (χ1) is 16.9. The molecule has 0 aromatic carbocycles. The number of imidazole rings is 1. The van der Waals surface area contributed by atoms with Crippen LogP contribution in [0.2, 0.25) is 0 Å². The molecule has 0 radical (unpaired) electrons. The van der Waals surface area contributed by atoms with Gasteiger partial charge < -0.3 is 0 Å². The summed E-state index contributed by atoms with van der Waals surface area (Å²) >= 11 is 0. The van der Waals surface area contributed by atoms with Gasteiger partial charge >= 0.3 is 182 Å². The van der Waals surface area contributed by atoms with Crippen molar-refractivity contribution in [3.05, 3.63) is 6.33 Å². The molecule has 22 heteroatoms. The van der Waals surface area contributed by atoms with Gasteiger partial charge in [-0.05, 0) is 12.8 Å². The SMILES string of the molecule is CN(c1nc(N)nc2c1ncn2[C@@H]1O[C@H](COP(=O)(O)O[PH](O)(O)OP(=O)(O)O)[C@@H](O)[C@@]1(C)O)C1CC1. The zero-order chi connectivity index (χ0) is 27.6. The number of nitrogens with zero attached hydrogens (tertiary/aromatic N) is 5. The van der Waals surface area contributed by atoms with Gasteiger partial charge in [-0.25, -0.2) is 0 Å². The molecule has 4 rings (SSSR count). The average molecular weight is 592 g/mol. The third-order valence-electron chi connectivity index (χ3n) is 5.73. The van der Waals surface area contributed by atoms with E-state index < -0.39 is 54.5 Å². The maximum Gasteiger partial charge on any atom is 0.0303 e. The van der Waals surface area contributed by atoms with Crippen molar-refractivity contribution in [2.45, 2.75) is 49.8 Å². The number of hydrogen-bond donors (Lipinski definition) is 8. The van der Waals surface area contributed by atoms with Gasteiger partial charge in [0.25, 0.3) is 0 Å². The number of fused-ring (bicyclic) bond motifs is 1. The molecule has 1 saturated heterocycles. The van der Waals surface area contributed by atoms with Gasteiger partial charge in [-0.1, -0.05) is 0 Å². The summed E-state index contributed by atoms with van der Waals surface area (Å²) in [7, 11) is -14.9. The molecule has 210 valence electrons. The van der Waals surface area contributed by atoms with Crippen molar-refractivity contribution in [2.24, 2.45) is 0 Å². The van der Waals surface area contributed by atoms with Gasteiger partial charge in [-0.2, -0.15) is 0 Å². The van der Waals surface area contributed by atoms with Gasteiger partial charge in [0.05, 0.1) is 0 Å². The van der Waals surface area contributed by atoms with Crippen LogP contribution in [0.1, 0.15) is 26.0 Å². The standard InChI is InChI=1S/C15H27N6O13P3/c1-15(23)10(22)8(5-31-36(27,28)34-37(29,30)33-35(24,25)26)32-13(15)21-6-17-9-11(20(2)7-3-4-7)18-14(16)19-12(9)21/h6-8,10,13,22-23,29-30,37H,3-5H2,1-2H3,(H,27,28)(H2,16,18,19)(H2,24,25,26)/t8-,10-,13-,15-/m1/s1. The predicted molar refractivity (Wildman–Crippen MR) is 124 cm³/mol. The first-order valence-electron chi connectivity index (χ1n) is 10.6. The third kappa shape index (κ3) is 6.27. The van der Waals surface area contributed by atoms with E-state index >= 15 is 0 Å². The number of aliphatic hydroxyl groups is 2. The second-order valence-electron chi connectivity index (χ2n) is 8.76. The number of phosphoric ester groups is 1. The fourth-order valence-corrected chi connectivity index (χ4v) is 7.28. The monoisotopic (exact) mass is 592 g/mol. The minimum Gasteiger partial charge on any atom is -0.0307 e. The zero-order valence-electron chi connectivity index (χ0n) is 19.3. The average Bonchev–Trinajstić information content (AvgIpc) is 3.45. The second kappa shape index (κ2) is 9.66. The number of nitrogens with two attached hydrogens (primary N) is 1. The molecular weight excluding hydrogens is 565 g/mol. The van der Waals surface area contributed by atoms with E-state index in [2.05, 4.69) is 28.1 Å². The fourth-order valence-electron chi connectivity index (χ4n) is 3.86. The van der Waals surface area contributed by atoms with Crippen LogP contribution in [-0.2, 0) is 27.0 Å². The molecule has 2 fully saturated rings. The molecule has 0 bridgehead atoms. The molecule has 2 aromatic heterocycles. The third-order valence-corrected chi connectivity index (χ3v) is 9.98. The van der Waals surface area contributed by atoms with Crippen LogP contribution in [0.25, 0.3) is 11.2 Å². The Balaban J connectivity index is 1.53. The minimum atomic E-state index is -5.80. The van der Waals surface area contributed by atoms with Gasteiger partial charge in [0.1, 0.15) is 0 Å². The number of anilines is 2. The molecule has 1 aliphatic carbocycles. The maximum absolute atomic E-state index is 12.1. The van der Waals surface area contributed by atoms with Crippen molar-refractivity contribution in [3.63, 3.8) is 0 Å². The molecule has 2 aliphatic rings.